The summed E-state index contributed by atoms with van der Waals surface area (Å²) in [5, 5.41) is 18.9. The second-order valence-electron chi connectivity index (χ2n) is 6.32. The number of furan rings is 1. The van der Waals surface area contributed by atoms with Crippen LogP contribution in [0.4, 0.5) is 11.6 Å². The third kappa shape index (κ3) is 4.27. The predicted molar refractivity (Wildman–Crippen MR) is 114 cm³/mol. The molecule has 2 heterocycles. The van der Waals surface area contributed by atoms with Gasteiger partial charge in [-0.1, -0.05) is 41.4 Å². The number of nitrogens with one attached hydrogen (secondary N) is 1. The first-order valence-corrected chi connectivity index (χ1v) is 9.66. The SMILES string of the molecule is O=C(c1ccc(Cl)c([N+](=O)[O-])c1)n1nc(-c2ccco2)nc1NCc1ccccc1Cl. The first kappa shape index (κ1) is 20.6. The molecule has 0 bridgehead atoms. The highest BCUT2D eigenvalue weighted by Crippen LogP contribution is 2.27. The molecule has 4 aromatic rings. The minimum absolute atomic E-state index is 0.0211. The fourth-order valence-electron chi connectivity index (χ4n) is 2.80. The lowest BCUT2D eigenvalue weighted by molar-refractivity contribution is -0.384. The Bertz CT molecular complexity index is 1270. The largest absolute Gasteiger partial charge is 0.461 e. The molecule has 2 aromatic heterocycles. The van der Waals surface area contributed by atoms with Crippen molar-refractivity contribution < 1.29 is 14.1 Å². The number of rotatable bonds is 6. The molecule has 0 aliphatic carbocycles. The Morgan fingerprint density at radius 1 is 1.13 bits per heavy atom. The van der Waals surface area contributed by atoms with Crippen LogP contribution in [0.1, 0.15) is 15.9 Å². The fourth-order valence-corrected chi connectivity index (χ4v) is 3.19. The van der Waals surface area contributed by atoms with Crippen LogP contribution in [-0.2, 0) is 6.54 Å². The molecule has 0 spiro atoms. The minimum Gasteiger partial charge on any atom is -0.461 e. The van der Waals surface area contributed by atoms with Crippen LogP contribution in [0.2, 0.25) is 10.0 Å². The zero-order valence-corrected chi connectivity index (χ0v) is 17.2. The van der Waals surface area contributed by atoms with Gasteiger partial charge in [-0.3, -0.25) is 14.9 Å². The summed E-state index contributed by atoms with van der Waals surface area (Å²) in [6, 6.07) is 14.3. The zero-order chi connectivity index (χ0) is 22.0. The molecule has 4 rings (SSSR count). The normalized spacial score (nSPS) is 10.8. The summed E-state index contributed by atoms with van der Waals surface area (Å²) in [7, 11) is 0. The van der Waals surface area contributed by atoms with E-state index >= 15 is 0 Å². The summed E-state index contributed by atoms with van der Waals surface area (Å²) < 4.78 is 6.33. The summed E-state index contributed by atoms with van der Waals surface area (Å²) >= 11 is 12.0. The van der Waals surface area contributed by atoms with E-state index in [-0.39, 0.29) is 34.6 Å². The van der Waals surface area contributed by atoms with E-state index in [4.69, 9.17) is 27.6 Å². The predicted octanol–water partition coefficient (Wildman–Crippen LogP) is 5.05. The molecule has 0 aliphatic heterocycles. The van der Waals surface area contributed by atoms with E-state index in [9.17, 15) is 14.9 Å². The molecule has 31 heavy (non-hydrogen) atoms. The number of halogens is 2. The van der Waals surface area contributed by atoms with Gasteiger partial charge in [0.05, 0.1) is 11.2 Å². The zero-order valence-electron chi connectivity index (χ0n) is 15.7. The van der Waals surface area contributed by atoms with Crippen molar-refractivity contribution >= 4 is 40.7 Å². The van der Waals surface area contributed by atoms with Gasteiger partial charge in [0.15, 0.2) is 5.76 Å². The van der Waals surface area contributed by atoms with Crippen molar-refractivity contribution in [1.29, 1.82) is 0 Å². The standard InChI is InChI=1S/C20H13Cl2N5O4/c21-14-5-2-1-4-13(14)11-23-20-24-18(17-6-3-9-31-17)25-26(20)19(28)12-7-8-15(22)16(10-12)27(29)30/h1-10H,11H2,(H,23,24,25). The van der Waals surface area contributed by atoms with E-state index in [1.54, 1.807) is 24.3 Å². The van der Waals surface area contributed by atoms with Crippen LogP contribution < -0.4 is 5.32 Å². The molecule has 9 nitrogen and oxygen atoms in total. The number of hydrogen-bond acceptors (Lipinski definition) is 7. The maximum atomic E-state index is 13.1. The molecule has 2 aromatic carbocycles. The molecule has 0 aliphatic rings. The average molecular weight is 458 g/mol. The van der Waals surface area contributed by atoms with Gasteiger partial charge >= 0.3 is 0 Å². The fraction of sp³-hybridized carbons (Fsp3) is 0.0500. The smallest absolute Gasteiger partial charge is 0.288 e. The molecule has 0 unspecified atom stereocenters. The monoisotopic (exact) mass is 457 g/mol. The van der Waals surface area contributed by atoms with Gasteiger partial charge in [-0.2, -0.15) is 9.67 Å². The Morgan fingerprint density at radius 2 is 1.94 bits per heavy atom. The first-order valence-electron chi connectivity index (χ1n) is 8.91. The van der Waals surface area contributed by atoms with Gasteiger partial charge in [0.25, 0.3) is 11.6 Å². The first-order chi connectivity index (χ1) is 14.9. The van der Waals surface area contributed by atoms with Gasteiger partial charge in [0.2, 0.25) is 11.8 Å². The van der Waals surface area contributed by atoms with E-state index in [0.717, 1.165) is 16.3 Å². The molecular weight excluding hydrogens is 445 g/mol. The molecule has 0 amide bonds. The lowest BCUT2D eigenvalue weighted by Gasteiger charge is -2.08. The quantitative estimate of drug-likeness (QED) is 0.317. The second-order valence-corrected chi connectivity index (χ2v) is 7.14. The Kier molecular flexibility index (Phi) is 5.70. The van der Waals surface area contributed by atoms with E-state index in [1.165, 1.54) is 18.4 Å². The molecule has 0 radical (unpaired) electrons. The van der Waals surface area contributed by atoms with Crippen LogP contribution in [0.25, 0.3) is 11.6 Å². The van der Waals surface area contributed by atoms with Crippen LogP contribution >= 0.6 is 23.2 Å². The highest BCUT2D eigenvalue weighted by molar-refractivity contribution is 6.32. The number of carbonyl (C=O) groups excluding carboxylic acids is 1. The number of aromatic nitrogens is 3. The number of nitro benzene ring substituents is 1. The number of carbonyl (C=O) groups is 1. The molecular formula is C20H13Cl2N5O4. The van der Waals surface area contributed by atoms with Crippen molar-refractivity contribution in [2.45, 2.75) is 6.54 Å². The van der Waals surface area contributed by atoms with Gasteiger partial charge in [0.1, 0.15) is 5.02 Å². The van der Waals surface area contributed by atoms with Crippen LogP contribution in [-0.4, -0.2) is 25.6 Å². The Balaban J connectivity index is 1.72. The maximum Gasteiger partial charge on any atom is 0.288 e. The summed E-state index contributed by atoms with van der Waals surface area (Å²) in [5.41, 5.74) is 0.421. The van der Waals surface area contributed by atoms with E-state index in [1.807, 2.05) is 12.1 Å². The van der Waals surface area contributed by atoms with Crippen molar-refractivity contribution in [1.82, 2.24) is 14.8 Å². The summed E-state index contributed by atoms with van der Waals surface area (Å²) in [4.78, 5) is 28.0. The Morgan fingerprint density at radius 3 is 2.65 bits per heavy atom. The lowest BCUT2D eigenvalue weighted by atomic mass is 10.2. The number of benzene rings is 2. The number of hydrogen-bond donors (Lipinski definition) is 1. The van der Waals surface area contributed by atoms with Crippen molar-refractivity contribution in [3.8, 4) is 11.6 Å². The molecule has 156 valence electrons. The van der Waals surface area contributed by atoms with Crippen molar-refractivity contribution in [3.63, 3.8) is 0 Å². The van der Waals surface area contributed by atoms with Gasteiger partial charge in [-0.25, -0.2) is 0 Å². The lowest BCUT2D eigenvalue weighted by Crippen LogP contribution is -2.18. The maximum absolute atomic E-state index is 13.1. The van der Waals surface area contributed by atoms with Gasteiger partial charge in [-0.05, 0) is 35.9 Å². The topological polar surface area (TPSA) is 116 Å². The molecule has 0 fully saturated rings. The third-order valence-electron chi connectivity index (χ3n) is 4.33. The van der Waals surface area contributed by atoms with Gasteiger partial charge in [-0.15, -0.1) is 5.10 Å². The molecule has 0 atom stereocenters. The summed E-state index contributed by atoms with van der Waals surface area (Å²) in [6.07, 6.45) is 1.46. The van der Waals surface area contributed by atoms with Crippen LogP contribution in [0.5, 0.6) is 0 Å². The molecule has 0 saturated carbocycles. The highest BCUT2D eigenvalue weighted by Gasteiger charge is 2.23. The van der Waals surface area contributed by atoms with E-state index in [2.05, 4.69) is 15.4 Å². The van der Waals surface area contributed by atoms with Crippen LogP contribution in [0.15, 0.2) is 65.3 Å². The van der Waals surface area contributed by atoms with E-state index in [0.29, 0.717) is 10.8 Å². The molecule has 0 saturated heterocycles. The minimum atomic E-state index is -0.661. The molecule has 1 N–H and O–H groups in total. The third-order valence-corrected chi connectivity index (χ3v) is 5.01. The van der Waals surface area contributed by atoms with Gasteiger partial charge < -0.3 is 9.73 Å². The summed E-state index contributed by atoms with van der Waals surface area (Å²) in [6.45, 7) is 0.268. The van der Waals surface area contributed by atoms with Crippen molar-refractivity contribution in [2.24, 2.45) is 0 Å². The van der Waals surface area contributed by atoms with Crippen molar-refractivity contribution in [3.05, 3.63) is 92.1 Å². The number of nitro groups is 1. The molecule has 11 heteroatoms. The van der Waals surface area contributed by atoms with E-state index < -0.39 is 10.8 Å². The number of nitrogens with zero attached hydrogens (tertiary/aromatic N) is 4. The van der Waals surface area contributed by atoms with Crippen LogP contribution in [0, 0.1) is 10.1 Å². The number of anilines is 1. The van der Waals surface area contributed by atoms with Crippen molar-refractivity contribution in [2.75, 3.05) is 5.32 Å². The Hall–Kier alpha value is -3.69. The Labute approximate surface area is 185 Å². The van der Waals surface area contributed by atoms with Gasteiger partial charge in [0, 0.05) is 23.2 Å². The average Bonchev–Trinajstić information content (AvgIpc) is 3.43. The second kappa shape index (κ2) is 8.58. The van der Waals surface area contributed by atoms with Crippen LogP contribution in [0.3, 0.4) is 0 Å². The highest BCUT2D eigenvalue weighted by atomic mass is 35.5. The summed E-state index contributed by atoms with van der Waals surface area (Å²) in [5.74, 6) is 0.0126.